The van der Waals surface area contributed by atoms with Crippen LogP contribution in [-0.4, -0.2) is 42.0 Å². The van der Waals surface area contributed by atoms with Crippen molar-refractivity contribution in [2.45, 2.75) is 69.9 Å². The lowest BCUT2D eigenvalue weighted by atomic mass is 9.85. The summed E-state index contributed by atoms with van der Waals surface area (Å²) >= 11 is 0. The van der Waals surface area contributed by atoms with Crippen LogP contribution in [0.5, 0.6) is 0 Å². The lowest BCUT2D eigenvalue weighted by molar-refractivity contribution is -0.117. The molecule has 0 bridgehead atoms. The van der Waals surface area contributed by atoms with Gasteiger partial charge in [0.2, 0.25) is 5.91 Å². The third kappa shape index (κ3) is 4.66. The molecule has 6 nitrogen and oxygen atoms in total. The Morgan fingerprint density at radius 2 is 1.50 bits per heavy atom. The minimum absolute atomic E-state index is 0.0311. The first-order valence-corrected chi connectivity index (χ1v) is 10.9. The third-order valence-corrected chi connectivity index (χ3v) is 6.48. The Labute approximate surface area is 167 Å². The Kier molecular flexibility index (Phi) is 6.15. The van der Waals surface area contributed by atoms with E-state index in [0.717, 1.165) is 43.7 Å². The van der Waals surface area contributed by atoms with Crippen LogP contribution in [0.25, 0.3) is 0 Å². The maximum atomic E-state index is 12.6. The second kappa shape index (κ2) is 8.95. The zero-order chi connectivity index (χ0) is 19.3. The van der Waals surface area contributed by atoms with E-state index in [1.165, 1.54) is 38.5 Å². The summed E-state index contributed by atoms with van der Waals surface area (Å²) in [5.74, 6) is 0.705. The third-order valence-electron chi connectivity index (χ3n) is 6.48. The van der Waals surface area contributed by atoms with Gasteiger partial charge in [-0.1, -0.05) is 25.7 Å². The molecule has 1 aromatic carbocycles. The number of hydrogen-bond acceptors (Lipinski definition) is 3. The van der Waals surface area contributed by atoms with Gasteiger partial charge in [-0.2, -0.15) is 0 Å². The second-order valence-corrected chi connectivity index (χ2v) is 8.50. The number of nitrogens with zero attached hydrogens (tertiary/aromatic N) is 1. The quantitative estimate of drug-likeness (QED) is 0.739. The van der Waals surface area contributed by atoms with E-state index >= 15 is 0 Å². The molecular formula is C22H32N4O2. The molecule has 152 valence electrons. The molecule has 3 aliphatic rings. The molecule has 3 amide bonds. The number of carbonyl (C=O) groups excluding carboxylic acids is 2. The molecule has 3 fully saturated rings. The van der Waals surface area contributed by atoms with Gasteiger partial charge >= 0.3 is 6.03 Å². The first-order valence-electron chi connectivity index (χ1n) is 10.9. The van der Waals surface area contributed by atoms with Gasteiger partial charge in [0, 0.05) is 30.5 Å². The minimum atomic E-state index is -0.0875. The predicted octanol–water partition coefficient (Wildman–Crippen LogP) is 3.95. The first kappa shape index (κ1) is 19.2. The van der Waals surface area contributed by atoms with Crippen LogP contribution >= 0.6 is 0 Å². The highest BCUT2D eigenvalue weighted by Gasteiger charge is 2.38. The smallest absolute Gasteiger partial charge is 0.321 e. The fourth-order valence-corrected chi connectivity index (χ4v) is 4.86. The lowest BCUT2D eigenvalue weighted by Crippen LogP contribution is -2.39. The van der Waals surface area contributed by atoms with Crippen molar-refractivity contribution in [1.29, 1.82) is 0 Å². The van der Waals surface area contributed by atoms with Crippen LogP contribution in [0.1, 0.15) is 57.8 Å². The number of rotatable bonds is 3. The number of nitrogens with one attached hydrogen (secondary N) is 3. The van der Waals surface area contributed by atoms with Gasteiger partial charge in [0.15, 0.2) is 0 Å². The van der Waals surface area contributed by atoms with Crippen molar-refractivity contribution in [2.75, 3.05) is 23.7 Å². The second-order valence-electron chi connectivity index (χ2n) is 8.50. The summed E-state index contributed by atoms with van der Waals surface area (Å²) in [7, 11) is 0. The van der Waals surface area contributed by atoms with Gasteiger partial charge in [0.05, 0.1) is 6.04 Å². The number of fused-ring (bicyclic) bond motifs is 1. The number of likely N-dealkylation sites (tertiary alicyclic amines) is 1. The van der Waals surface area contributed by atoms with Crippen LogP contribution in [0.4, 0.5) is 16.2 Å². The van der Waals surface area contributed by atoms with Crippen LogP contribution in [0.15, 0.2) is 24.3 Å². The average molecular weight is 385 g/mol. The molecule has 2 saturated heterocycles. The minimum Gasteiger partial charge on any atom is -0.325 e. The largest absolute Gasteiger partial charge is 0.325 e. The van der Waals surface area contributed by atoms with Gasteiger partial charge in [-0.3, -0.25) is 4.79 Å². The van der Waals surface area contributed by atoms with E-state index < -0.39 is 0 Å². The molecule has 3 unspecified atom stereocenters. The van der Waals surface area contributed by atoms with Crippen molar-refractivity contribution in [3.05, 3.63) is 24.3 Å². The van der Waals surface area contributed by atoms with Crippen LogP contribution < -0.4 is 16.0 Å². The molecule has 0 aromatic heterocycles. The van der Waals surface area contributed by atoms with Gasteiger partial charge in [-0.05, 0) is 62.3 Å². The van der Waals surface area contributed by atoms with E-state index in [0.29, 0.717) is 12.0 Å². The zero-order valence-corrected chi connectivity index (χ0v) is 16.6. The fourth-order valence-electron chi connectivity index (χ4n) is 4.86. The predicted molar refractivity (Wildman–Crippen MR) is 111 cm³/mol. The van der Waals surface area contributed by atoms with Gasteiger partial charge in [0.25, 0.3) is 0 Å². The highest BCUT2D eigenvalue weighted by atomic mass is 16.2. The van der Waals surface area contributed by atoms with Crippen LogP contribution in [0.2, 0.25) is 0 Å². The van der Waals surface area contributed by atoms with Crippen molar-refractivity contribution in [1.82, 2.24) is 10.2 Å². The van der Waals surface area contributed by atoms with Crippen molar-refractivity contribution in [3.8, 4) is 0 Å². The van der Waals surface area contributed by atoms with Crippen molar-refractivity contribution in [2.24, 2.45) is 5.92 Å². The Balaban J connectivity index is 1.28. The van der Waals surface area contributed by atoms with E-state index in [1.807, 2.05) is 29.2 Å². The van der Waals surface area contributed by atoms with E-state index in [4.69, 9.17) is 0 Å². The maximum absolute atomic E-state index is 12.6. The van der Waals surface area contributed by atoms with Crippen molar-refractivity contribution in [3.63, 3.8) is 0 Å². The first-order chi connectivity index (χ1) is 13.7. The van der Waals surface area contributed by atoms with Gasteiger partial charge < -0.3 is 20.9 Å². The maximum Gasteiger partial charge on any atom is 0.321 e. The number of anilines is 2. The van der Waals surface area contributed by atoms with E-state index in [2.05, 4.69) is 16.0 Å². The monoisotopic (exact) mass is 384 g/mol. The summed E-state index contributed by atoms with van der Waals surface area (Å²) < 4.78 is 0. The lowest BCUT2D eigenvalue weighted by Gasteiger charge is -2.24. The van der Waals surface area contributed by atoms with Gasteiger partial charge in [-0.15, -0.1) is 0 Å². The molecule has 28 heavy (non-hydrogen) atoms. The Bertz CT molecular complexity index is 668. The topological polar surface area (TPSA) is 73.5 Å². The standard InChI is InChI=1S/C22H32N4O2/c27-21(20-15-16-7-3-4-8-19(16)25-20)23-17-9-11-18(12-10-17)24-22(28)26-13-5-1-2-6-14-26/h9-12,16,19-20,25H,1-8,13-15H2,(H,23,27)(H,24,28). The molecule has 1 aromatic rings. The number of amides is 3. The highest BCUT2D eigenvalue weighted by Crippen LogP contribution is 2.33. The SMILES string of the molecule is O=C(Nc1ccc(NC(=O)N2CCCCCC2)cc1)C1CC2CCCCC2N1. The summed E-state index contributed by atoms with van der Waals surface area (Å²) in [4.78, 5) is 26.9. The Morgan fingerprint density at radius 3 is 2.18 bits per heavy atom. The number of hydrogen-bond donors (Lipinski definition) is 3. The summed E-state index contributed by atoms with van der Waals surface area (Å²) in [6.45, 7) is 1.66. The number of urea groups is 1. The van der Waals surface area contributed by atoms with Crippen molar-refractivity contribution >= 4 is 23.3 Å². The van der Waals surface area contributed by atoms with E-state index in [-0.39, 0.29) is 18.0 Å². The van der Waals surface area contributed by atoms with E-state index in [9.17, 15) is 9.59 Å². The van der Waals surface area contributed by atoms with Crippen LogP contribution in [-0.2, 0) is 4.79 Å². The molecular weight excluding hydrogens is 352 g/mol. The van der Waals surface area contributed by atoms with E-state index in [1.54, 1.807) is 0 Å². The average Bonchev–Trinajstić information content (AvgIpc) is 2.96. The molecule has 1 aliphatic carbocycles. The van der Waals surface area contributed by atoms with Crippen molar-refractivity contribution < 1.29 is 9.59 Å². The molecule has 3 N–H and O–H groups in total. The van der Waals surface area contributed by atoms with Crippen LogP contribution in [0, 0.1) is 5.92 Å². The summed E-state index contributed by atoms with van der Waals surface area (Å²) in [6, 6.07) is 7.82. The molecule has 6 heteroatoms. The number of benzene rings is 1. The summed E-state index contributed by atoms with van der Waals surface area (Å²) in [5, 5.41) is 9.51. The highest BCUT2D eigenvalue weighted by molar-refractivity contribution is 5.95. The van der Waals surface area contributed by atoms with Gasteiger partial charge in [-0.25, -0.2) is 4.79 Å². The summed E-state index contributed by atoms with van der Waals surface area (Å²) in [5.41, 5.74) is 1.53. The molecule has 4 rings (SSSR count). The molecule has 2 aliphatic heterocycles. The normalized spacial score (nSPS) is 27.6. The zero-order valence-electron chi connectivity index (χ0n) is 16.6. The van der Waals surface area contributed by atoms with Gasteiger partial charge in [0.1, 0.15) is 0 Å². The molecule has 2 heterocycles. The number of carbonyl (C=O) groups is 2. The Morgan fingerprint density at radius 1 is 0.857 bits per heavy atom. The molecule has 0 radical (unpaired) electrons. The van der Waals surface area contributed by atoms with Crippen LogP contribution in [0.3, 0.4) is 0 Å². The fraction of sp³-hybridized carbons (Fsp3) is 0.636. The summed E-state index contributed by atoms with van der Waals surface area (Å²) in [6.07, 6.45) is 10.5. The molecule has 0 spiro atoms. The molecule has 3 atom stereocenters. The molecule has 1 saturated carbocycles. The Hall–Kier alpha value is -2.08.